The van der Waals surface area contributed by atoms with Crippen molar-refractivity contribution >= 4 is 28.3 Å². The molecule has 0 bridgehead atoms. The first-order valence-electron chi connectivity index (χ1n) is 8.02. The van der Waals surface area contributed by atoms with E-state index in [1.165, 1.54) is 47.7 Å². The van der Waals surface area contributed by atoms with E-state index in [0.717, 1.165) is 10.4 Å². The lowest BCUT2D eigenvalue weighted by Crippen LogP contribution is -2.32. The number of hydrogen-bond donors (Lipinski definition) is 2. The standard InChI is InChI=1S/C19H15F2N3O2S/c20-14-5-1-12(2-6-14)9-16-10-23-19(27-16)24-17(25)11-22-18(26)13-3-7-15(21)8-4-13/h1-8,10H,9,11H2,(H,22,26)(H,23,24,25). The van der Waals surface area contributed by atoms with Gasteiger partial charge in [0.25, 0.3) is 5.91 Å². The van der Waals surface area contributed by atoms with Crippen molar-refractivity contribution < 1.29 is 18.4 Å². The summed E-state index contributed by atoms with van der Waals surface area (Å²) in [5.41, 5.74) is 1.20. The smallest absolute Gasteiger partial charge is 0.251 e. The van der Waals surface area contributed by atoms with Gasteiger partial charge in [0.15, 0.2) is 5.13 Å². The van der Waals surface area contributed by atoms with Crippen LogP contribution in [0.4, 0.5) is 13.9 Å². The van der Waals surface area contributed by atoms with Crippen LogP contribution in [0.25, 0.3) is 0 Å². The molecule has 0 saturated carbocycles. The first-order chi connectivity index (χ1) is 13.0. The highest BCUT2D eigenvalue weighted by Crippen LogP contribution is 2.21. The van der Waals surface area contributed by atoms with E-state index in [2.05, 4.69) is 15.6 Å². The van der Waals surface area contributed by atoms with E-state index < -0.39 is 17.6 Å². The van der Waals surface area contributed by atoms with E-state index in [1.807, 2.05) is 0 Å². The second-order valence-electron chi connectivity index (χ2n) is 5.67. The number of halogens is 2. The number of carbonyl (C=O) groups excluding carboxylic acids is 2. The lowest BCUT2D eigenvalue weighted by atomic mass is 10.1. The summed E-state index contributed by atoms with van der Waals surface area (Å²) in [4.78, 5) is 28.9. The quantitative estimate of drug-likeness (QED) is 0.681. The molecule has 2 aromatic carbocycles. The van der Waals surface area contributed by atoms with E-state index >= 15 is 0 Å². The second-order valence-corrected chi connectivity index (χ2v) is 6.79. The molecule has 0 fully saturated rings. The number of hydrogen-bond acceptors (Lipinski definition) is 4. The van der Waals surface area contributed by atoms with Crippen molar-refractivity contribution in [3.63, 3.8) is 0 Å². The average molecular weight is 387 g/mol. The van der Waals surface area contributed by atoms with Gasteiger partial charge in [-0.15, -0.1) is 11.3 Å². The van der Waals surface area contributed by atoms with E-state index in [0.29, 0.717) is 11.6 Å². The number of thiazole rings is 1. The number of nitrogens with one attached hydrogen (secondary N) is 2. The Kier molecular flexibility index (Phi) is 5.87. The zero-order valence-corrected chi connectivity index (χ0v) is 14.9. The predicted octanol–water partition coefficient (Wildman–Crippen LogP) is 3.38. The van der Waals surface area contributed by atoms with Gasteiger partial charge in [-0.2, -0.15) is 0 Å². The Morgan fingerprint density at radius 3 is 2.26 bits per heavy atom. The van der Waals surface area contributed by atoms with E-state index in [1.54, 1.807) is 18.3 Å². The molecule has 3 rings (SSSR count). The Hall–Kier alpha value is -3.13. The van der Waals surface area contributed by atoms with Crippen molar-refractivity contribution in [3.05, 3.63) is 82.4 Å². The summed E-state index contributed by atoms with van der Waals surface area (Å²) in [7, 11) is 0. The minimum absolute atomic E-state index is 0.233. The average Bonchev–Trinajstić information content (AvgIpc) is 3.09. The molecular weight excluding hydrogens is 372 g/mol. The molecule has 5 nitrogen and oxygen atoms in total. The molecule has 1 aromatic heterocycles. The van der Waals surface area contributed by atoms with Gasteiger partial charge in [-0.05, 0) is 42.0 Å². The highest BCUT2D eigenvalue weighted by atomic mass is 32.1. The Morgan fingerprint density at radius 1 is 0.963 bits per heavy atom. The molecule has 0 aliphatic heterocycles. The molecule has 8 heteroatoms. The van der Waals surface area contributed by atoms with Crippen LogP contribution in [-0.2, 0) is 11.2 Å². The highest BCUT2D eigenvalue weighted by molar-refractivity contribution is 7.15. The number of carbonyl (C=O) groups is 2. The third-order valence-corrected chi connectivity index (χ3v) is 4.52. The second kappa shape index (κ2) is 8.50. The minimum Gasteiger partial charge on any atom is -0.343 e. The molecule has 0 aliphatic carbocycles. The normalized spacial score (nSPS) is 10.4. The van der Waals surface area contributed by atoms with Crippen LogP contribution in [-0.4, -0.2) is 23.3 Å². The van der Waals surface area contributed by atoms with Gasteiger partial charge < -0.3 is 10.6 Å². The van der Waals surface area contributed by atoms with Crippen molar-refractivity contribution in [1.29, 1.82) is 0 Å². The highest BCUT2D eigenvalue weighted by Gasteiger charge is 2.10. The van der Waals surface area contributed by atoms with Crippen LogP contribution >= 0.6 is 11.3 Å². The summed E-state index contributed by atoms with van der Waals surface area (Å²) in [6.45, 7) is -0.233. The molecule has 1 heterocycles. The molecule has 0 saturated heterocycles. The fourth-order valence-electron chi connectivity index (χ4n) is 2.28. The van der Waals surface area contributed by atoms with Gasteiger partial charge in [-0.3, -0.25) is 9.59 Å². The Morgan fingerprint density at radius 2 is 1.59 bits per heavy atom. The van der Waals surface area contributed by atoms with Crippen molar-refractivity contribution in [1.82, 2.24) is 10.3 Å². The zero-order chi connectivity index (χ0) is 19.2. The third kappa shape index (κ3) is 5.42. The maximum Gasteiger partial charge on any atom is 0.251 e. The number of nitrogens with zero attached hydrogens (tertiary/aromatic N) is 1. The lowest BCUT2D eigenvalue weighted by molar-refractivity contribution is -0.115. The monoisotopic (exact) mass is 387 g/mol. The summed E-state index contributed by atoms with van der Waals surface area (Å²) in [6.07, 6.45) is 2.22. The number of rotatable bonds is 6. The molecule has 27 heavy (non-hydrogen) atoms. The fourth-order valence-corrected chi connectivity index (χ4v) is 3.14. The SMILES string of the molecule is O=C(CNC(=O)c1ccc(F)cc1)Nc1ncc(Cc2ccc(F)cc2)s1. The molecule has 3 aromatic rings. The number of amides is 2. The van der Waals surface area contributed by atoms with Gasteiger partial charge in [0.05, 0.1) is 6.54 Å². The van der Waals surface area contributed by atoms with Crippen LogP contribution < -0.4 is 10.6 Å². The molecule has 0 atom stereocenters. The van der Waals surface area contributed by atoms with Crippen molar-refractivity contribution in [2.75, 3.05) is 11.9 Å². The van der Waals surface area contributed by atoms with Gasteiger partial charge in [-0.25, -0.2) is 13.8 Å². The zero-order valence-electron chi connectivity index (χ0n) is 14.0. The van der Waals surface area contributed by atoms with E-state index in [4.69, 9.17) is 0 Å². The first-order valence-corrected chi connectivity index (χ1v) is 8.84. The Bertz CT molecular complexity index is 940. The lowest BCUT2D eigenvalue weighted by Gasteiger charge is -2.05. The van der Waals surface area contributed by atoms with Crippen LogP contribution in [0.2, 0.25) is 0 Å². The third-order valence-electron chi connectivity index (χ3n) is 3.61. The summed E-state index contributed by atoms with van der Waals surface area (Å²) in [5, 5.41) is 5.48. The van der Waals surface area contributed by atoms with Crippen LogP contribution in [0, 0.1) is 11.6 Å². The van der Waals surface area contributed by atoms with Gasteiger partial charge in [0.1, 0.15) is 11.6 Å². The topological polar surface area (TPSA) is 71.1 Å². The molecular formula is C19H15F2N3O2S. The summed E-state index contributed by atoms with van der Waals surface area (Å²) < 4.78 is 25.8. The summed E-state index contributed by atoms with van der Waals surface area (Å²) in [6, 6.07) is 11.2. The molecule has 138 valence electrons. The molecule has 2 N–H and O–H groups in total. The molecule has 0 spiro atoms. The van der Waals surface area contributed by atoms with Gasteiger partial charge in [0, 0.05) is 23.1 Å². The van der Waals surface area contributed by atoms with Crippen LogP contribution in [0.3, 0.4) is 0 Å². The molecule has 0 unspecified atom stereocenters. The maximum atomic E-state index is 12.9. The summed E-state index contributed by atoms with van der Waals surface area (Å²) >= 11 is 1.30. The van der Waals surface area contributed by atoms with Crippen molar-refractivity contribution in [2.24, 2.45) is 0 Å². The Labute approximate surface area is 158 Å². The van der Waals surface area contributed by atoms with Crippen LogP contribution in [0.1, 0.15) is 20.8 Å². The van der Waals surface area contributed by atoms with Crippen molar-refractivity contribution in [2.45, 2.75) is 6.42 Å². The van der Waals surface area contributed by atoms with Crippen molar-refractivity contribution in [3.8, 4) is 0 Å². The van der Waals surface area contributed by atoms with E-state index in [9.17, 15) is 18.4 Å². The maximum absolute atomic E-state index is 12.9. The summed E-state index contributed by atoms with van der Waals surface area (Å²) in [5.74, 6) is -1.63. The van der Waals surface area contributed by atoms with Gasteiger partial charge >= 0.3 is 0 Å². The Balaban J connectivity index is 1.49. The van der Waals surface area contributed by atoms with E-state index in [-0.39, 0.29) is 17.9 Å². The number of anilines is 1. The molecule has 0 radical (unpaired) electrons. The van der Waals surface area contributed by atoms with Crippen LogP contribution in [0.15, 0.2) is 54.7 Å². The number of aromatic nitrogens is 1. The largest absolute Gasteiger partial charge is 0.343 e. The predicted molar refractivity (Wildman–Crippen MR) is 98.7 cm³/mol. The molecule has 0 aliphatic rings. The van der Waals surface area contributed by atoms with Gasteiger partial charge in [-0.1, -0.05) is 12.1 Å². The van der Waals surface area contributed by atoms with Gasteiger partial charge in [0.2, 0.25) is 5.91 Å². The molecule has 2 amide bonds. The van der Waals surface area contributed by atoms with Crippen LogP contribution in [0.5, 0.6) is 0 Å². The minimum atomic E-state index is -0.471. The number of benzene rings is 2. The first kappa shape index (κ1) is 18.7. The fraction of sp³-hybridized carbons (Fsp3) is 0.105.